The maximum absolute atomic E-state index is 12.4. The van der Waals surface area contributed by atoms with E-state index in [1.807, 2.05) is 0 Å². The third-order valence-corrected chi connectivity index (χ3v) is 6.05. The van der Waals surface area contributed by atoms with Crippen LogP contribution in [0.5, 0.6) is 0 Å². The van der Waals surface area contributed by atoms with Gasteiger partial charge in [-0.3, -0.25) is 4.79 Å². The number of amides is 1. The fourth-order valence-electron chi connectivity index (χ4n) is 3.24. The maximum atomic E-state index is 12.4. The molecule has 0 atom stereocenters. The van der Waals surface area contributed by atoms with Gasteiger partial charge in [-0.1, -0.05) is 19.8 Å². The third kappa shape index (κ3) is 5.40. The molecule has 2 aliphatic rings. The summed E-state index contributed by atoms with van der Waals surface area (Å²) in [6.07, 6.45) is 5.68. The molecule has 2 aliphatic heterocycles. The number of hydrogen-bond donors (Lipinski definition) is 0. The SMILES string of the molecule is CCCCCN(CCC(=O)N1CCC2(CC1)OCCO2)S(C)(=O)=O. The van der Waals surface area contributed by atoms with Crippen LogP contribution in [0.4, 0.5) is 0 Å². The number of piperidine rings is 1. The lowest BCUT2D eigenvalue weighted by atomic mass is 10.0. The molecule has 1 amide bonds. The van der Waals surface area contributed by atoms with Crippen LogP contribution in [0.2, 0.25) is 0 Å². The second kappa shape index (κ2) is 8.60. The molecule has 2 rings (SSSR count). The maximum Gasteiger partial charge on any atom is 0.223 e. The van der Waals surface area contributed by atoms with Crippen molar-refractivity contribution in [2.45, 2.75) is 51.2 Å². The Morgan fingerprint density at radius 2 is 1.75 bits per heavy atom. The van der Waals surface area contributed by atoms with Gasteiger partial charge >= 0.3 is 0 Å². The number of carbonyl (C=O) groups excluding carboxylic acids is 1. The lowest BCUT2D eigenvalue weighted by Gasteiger charge is -2.37. The van der Waals surface area contributed by atoms with E-state index in [1.165, 1.54) is 10.6 Å². The minimum atomic E-state index is -3.27. The quantitative estimate of drug-likeness (QED) is 0.606. The molecule has 0 aliphatic carbocycles. The van der Waals surface area contributed by atoms with E-state index in [-0.39, 0.29) is 18.9 Å². The first kappa shape index (κ1) is 19.6. The van der Waals surface area contributed by atoms with Crippen molar-refractivity contribution in [2.75, 3.05) is 45.6 Å². The molecule has 0 aromatic heterocycles. The number of hydrogen-bond acceptors (Lipinski definition) is 5. The van der Waals surface area contributed by atoms with Gasteiger partial charge in [-0.25, -0.2) is 12.7 Å². The topological polar surface area (TPSA) is 76.2 Å². The van der Waals surface area contributed by atoms with Gasteiger partial charge in [0, 0.05) is 45.4 Å². The Hall–Kier alpha value is -0.700. The Labute approximate surface area is 145 Å². The lowest BCUT2D eigenvalue weighted by molar-refractivity contribution is -0.187. The van der Waals surface area contributed by atoms with Crippen molar-refractivity contribution in [1.29, 1.82) is 0 Å². The molecule has 24 heavy (non-hydrogen) atoms. The lowest BCUT2D eigenvalue weighted by Crippen LogP contribution is -2.48. The zero-order valence-electron chi connectivity index (χ0n) is 14.8. The van der Waals surface area contributed by atoms with Crippen LogP contribution >= 0.6 is 0 Å². The summed E-state index contributed by atoms with van der Waals surface area (Å²) in [6, 6.07) is 0. The largest absolute Gasteiger partial charge is 0.347 e. The average molecular weight is 362 g/mol. The van der Waals surface area contributed by atoms with E-state index in [0.717, 1.165) is 19.3 Å². The highest BCUT2D eigenvalue weighted by Crippen LogP contribution is 2.31. The normalized spacial score (nSPS) is 20.9. The molecule has 0 bridgehead atoms. The van der Waals surface area contributed by atoms with E-state index < -0.39 is 15.8 Å². The molecule has 0 aromatic rings. The van der Waals surface area contributed by atoms with Crippen molar-refractivity contribution >= 4 is 15.9 Å². The molecule has 2 fully saturated rings. The number of likely N-dealkylation sites (tertiary alicyclic amines) is 1. The zero-order chi connectivity index (χ0) is 17.6. The summed E-state index contributed by atoms with van der Waals surface area (Å²) in [6.45, 7) is 5.28. The fourth-order valence-corrected chi connectivity index (χ4v) is 4.13. The predicted octanol–water partition coefficient (Wildman–Crippen LogP) is 1.19. The average Bonchev–Trinajstić information content (AvgIpc) is 2.98. The monoisotopic (exact) mass is 362 g/mol. The molecular weight excluding hydrogens is 332 g/mol. The molecule has 7 nitrogen and oxygen atoms in total. The highest BCUT2D eigenvalue weighted by Gasteiger charge is 2.40. The van der Waals surface area contributed by atoms with Crippen LogP contribution in [-0.2, 0) is 24.3 Å². The highest BCUT2D eigenvalue weighted by molar-refractivity contribution is 7.88. The van der Waals surface area contributed by atoms with Crippen molar-refractivity contribution in [3.05, 3.63) is 0 Å². The summed E-state index contributed by atoms with van der Waals surface area (Å²) < 4.78 is 36.4. The Morgan fingerprint density at radius 3 is 2.29 bits per heavy atom. The molecule has 0 aromatic carbocycles. The van der Waals surface area contributed by atoms with Gasteiger partial charge in [-0.05, 0) is 6.42 Å². The Morgan fingerprint density at radius 1 is 1.12 bits per heavy atom. The number of unbranched alkanes of at least 4 members (excludes halogenated alkanes) is 2. The van der Waals surface area contributed by atoms with E-state index in [4.69, 9.17) is 9.47 Å². The van der Waals surface area contributed by atoms with Crippen LogP contribution in [-0.4, -0.2) is 75.0 Å². The minimum Gasteiger partial charge on any atom is -0.347 e. The fraction of sp³-hybridized carbons (Fsp3) is 0.938. The minimum absolute atomic E-state index is 0.00647. The summed E-state index contributed by atoms with van der Waals surface area (Å²) in [5.74, 6) is -0.484. The van der Waals surface area contributed by atoms with Gasteiger partial charge < -0.3 is 14.4 Å². The van der Waals surface area contributed by atoms with Gasteiger partial charge in [0.15, 0.2) is 5.79 Å². The molecule has 1 spiro atoms. The number of rotatable bonds is 8. The molecule has 2 heterocycles. The molecule has 140 valence electrons. The van der Waals surface area contributed by atoms with Crippen LogP contribution in [0.3, 0.4) is 0 Å². The smallest absolute Gasteiger partial charge is 0.223 e. The van der Waals surface area contributed by atoms with Crippen LogP contribution in [0, 0.1) is 0 Å². The summed E-state index contributed by atoms with van der Waals surface area (Å²) in [7, 11) is -3.27. The molecule has 0 saturated carbocycles. The highest BCUT2D eigenvalue weighted by atomic mass is 32.2. The Kier molecular flexibility index (Phi) is 7.03. The van der Waals surface area contributed by atoms with Crippen LogP contribution in [0.15, 0.2) is 0 Å². The van der Waals surface area contributed by atoms with E-state index in [1.54, 1.807) is 4.90 Å². The van der Waals surface area contributed by atoms with Gasteiger partial charge in [0.2, 0.25) is 15.9 Å². The first-order valence-electron chi connectivity index (χ1n) is 8.87. The predicted molar refractivity (Wildman–Crippen MR) is 91.0 cm³/mol. The van der Waals surface area contributed by atoms with Gasteiger partial charge in [-0.15, -0.1) is 0 Å². The second-order valence-electron chi connectivity index (χ2n) is 6.61. The molecule has 0 radical (unpaired) electrons. The van der Waals surface area contributed by atoms with Crippen LogP contribution in [0.25, 0.3) is 0 Å². The molecular formula is C16H30N2O5S. The number of sulfonamides is 1. The van der Waals surface area contributed by atoms with Crippen molar-refractivity contribution in [3.8, 4) is 0 Å². The van der Waals surface area contributed by atoms with Gasteiger partial charge in [-0.2, -0.15) is 0 Å². The van der Waals surface area contributed by atoms with Crippen molar-refractivity contribution < 1.29 is 22.7 Å². The van der Waals surface area contributed by atoms with E-state index in [9.17, 15) is 13.2 Å². The van der Waals surface area contributed by atoms with Crippen LogP contribution in [0.1, 0.15) is 45.4 Å². The standard InChI is InChI=1S/C16H30N2O5S/c1-3-4-5-9-18(24(2,20)21)10-6-15(19)17-11-7-16(8-12-17)22-13-14-23-16/h3-14H2,1-2H3. The molecule has 8 heteroatoms. The third-order valence-electron chi connectivity index (χ3n) is 4.75. The van der Waals surface area contributed by atoms with Gasteiger partial charge in [0.25, 0.3) is 0 Å². The van der Waals surface area contributed by atoms with Crippen LogP contribution < -0.4 is 0 Å². The second-order valence-corrected chi connectivity index (χ2v) is 8.59. The van der Waals surface area contributed by atoms with Gasteiger partial charge in [0.05, 0.1) is 19.5 Å². The summed E-state index contributed by atoms with van der Waals surface area (Å²) in [4.78, 5) is 14.2. The van der Waals surface area contributed by atoms with Crippen molar-refractivity contribution in [2.24, 2.45) is 0 Å². The Balaban J connectivity index is 1.78. The first-order chi connectivity index (χ1) is 11.4. The molecule has 2 saturated heterocycles. The summed E-state index contributed by atoms with van der Waals surface area (Å²) in [5.41, 5.74) is 0. The first-order valence-corrected chi connectivity index (χ1v) is 10.7. The number of nitrogens with zero attached hydrogens (tertiary/aromatic N) is 2. The molecule has 0 N–H and O–H groups in total. The number of ether oxygens (including phenoxy) is 2. The van der Waals surface area contributed by atoms with Crippen molar-refractivity contribution in [3.63, 3.8) is 0 Å². The zero-order valence-corrected chi connectivity index (χ0v) is 15.6. The van der Waals surface area contributed by atoms with E-state index >= 15 is 0 Å². The van der Waals surface area contributed by atoms with Gasteiger partial charge in [0.1, 0.15) is 0 Å². The van der Waals surface area contributed by atoms with E-state index in [2.05, 4.69) is 6.92 Å². The van der Waals surface area contributed by atoms with E-state index in [0.29, 0.717) is 45.7 Å². The summed E-state index contributed by atoms with van der Waals surface area (Å²) >= 11 is 0. The number of carbonyl (C=O) groups is 1. The summed E-state index contributed by atoms with van der Waals surface area (Å²) in [5, 5.41) is 0. The Bertz CT molecular complexity index is 507. The molecule has 0 unspecified atom stereocenters. The van der Waals surface area contributed by atoms with Crippen molar-refractivity contribution in [1.82, 2.24) is 9.21 Å².